The first kappa shape index (κ1) is 20.5. The predicted molar refractivity (Wildman–Crippen MR) is 55.2 cm³/mol. The van der Waals surface area contributed by atoms with E-state index < -0.39 is 18.4 Å². The molecule has 0 bridgehead atoms. The van der Waals surface area contributed by atoms with Crippen molar-refractivity contribution in [3.8, 4) is 0 Å². The fraction of sp³-hybridized carbons (Fsp3) is 0.700. The summed E-state index contributed by atoms with van der Waals surface area (Å²) in [6.07, 6.45) is 1.45. The summed E-state index contributed by atoms with van der Waals surface area (Å²) in [6.45, 7) is 3.63. The molecule has 0 atom stereocenters. The van der Waals surface area contributed by atoms with Gasteiger partial charge in [-0.2, -0.15) is 0 Å². The van der Waals surface area contributed by atoms with E-state index in [2.05, 4.69) is 0 Å². The van der Waals surface area contributed by atoms with Crippen LogP contribution >= 0.6 is 0 Å². The van der Waals surface area contributed by atoms with Crippen LogP contribution in [0, 0.1) is 0 Å². The molecule has 0 aliphatic heterocycles. The van der Waals surface area contributed by atoms with Crippen molar-refractivity contribution in [2.45, 2.75) is 46.0 Å². The van der Waals surface area contributed by atoms with Gasteiger partial charge in [-0.15, -0.1) is 0 Å². The second-order valence-corrected chi connectivity index (χ2v) is 2.96. The van der Waals surface area contributed by atoms with Crippen LogP contribution in [0.5, 0.6) is 0 Å². The quantitative estimate of drug-likeness (QED) is 0.424. The number of Topliss-reactive ketones (excluding diaryl/α,β-unsaturated/α-hetero) is 1. The van der Waals surface area contributed by atoms with Crippen LogP contribution in [0.25, 0.3) is 0 Å². The number of carbonyl (C=O) groups excluding carboxylic acids is 3. The Balaban J connectivity index is -0.000000214. The van der Waals surface area contributed by atoms with Crippen LogP contribution in [-0.2, 0) is 14.4 Å². The molecule has 0 amide bonds. The fourth-order valence-electron chi connectivity index (χ4n) is 0.732. The third-order valence-corrected chi connectivity index (χ3v) is 1.32. The topological polar surface area (TPSA) is 97.3 Å². The number of ketones is 1. The first-order chi connectivity index (χ1) is 6.93. The van der Waals surface area contributed by atoms with Crippen molar-refractivity contribution in [2.75, 3.05) is 0 Å². The molecule has 5 nitrogen and oxygen atoms in total. The van der Waals surface area contributed by atoms with Gasteiger partial charge in [0, 0.05) is 24.8 Å². The molecule has 0 saturated heterocycles. The number of carboxylic acids is 2. The third kappa shape index (κ3) is 23.2. The summed E-state index contributed by atoms with van der Waals surface area (Å²) in [5.74, 6) is -2.50. The molecule has 0 unspecified atom stereocenters. The maximum Gasteiger partial charge on any atom is 2.00 e. The zero-order chi connectivity index (χ0) is 12.3. The van der Waals surface area contributed by atoms with Gasteiger partial charge in [0.1, 0.15) is 5.78 Å². The first-order valence-corrected chi connectivity index (χ1v) is 4.85. The van der Waals surface area contributed by atoms with Crippen LogP contribution in [-0.4, -0.2) is 35.1 Å². The normalized spacial score (nSPS) is 8.12. The molecular weight excluding hydrogens is 227 g/mol. The van der Waals surface area contributed by atoms with Crippen LogP contribution in [0.4, 0.5) is 0 Å². The Morgan fingerprint density at radius 3 is 1.50 bits per heavy atom. The number of carboxylic acid groups (broad SMARTS) is 2. The minimum atomic E-state index is -1.28. The fourth-order valence-corrected chi connectivity index (χ4v) is 0.732. The maximum atomic E-state index is 10.4. The smallest absolute Gasteiger partial charge is 0.550 e. The van der Waals surface area contributed by atoms with E-state index in [0.717, 1.165) is 0 Å². The van der Waals surface area contributed by atoms with E-state index in [0.29, 0.717) is 19.3 Å². The molecule has 0 heterocycles. The summed E-state index contributed by atoms with van der Waals surface area (Å²) >= 11 is 0. The number of hydrogen-bond donors (Lipinski definition) is 0. The van der Waals surface area contributed by atoms with Gasteiger partial charge in [0.2, 0.25) is 0 Å². The second kappa shape index (κ2) is 14.1. The largest absolute Gasteiger partial charge is 2.00 e. The number of carbonyl (C=O) groups is 3. The van der Waals surface area contributed by atoms with E-state index >= 15 is 0 Å². The van der Waals surface area contributed by atoms with Crippen molar-refractivity contribution in [3.05, 3.63) is 0 Å². The molecule has 16 heavy (non-hydrogen) atoms. The molecule has 0 N–H and O–H groups in total. The van der Waals surface area contributed by atoms with Crippen molar-refractivity contribution >= 4 is 35.1 Å². The summed E-state index contributed by atoms with van der Waals surface area (Å²) in [5, 5.41) is 19.2. The molecule has 0 spiro atoms. The monoisotopic (exact) mass is 243 g/mol. The summed E-state index contributed by atoms with van der Waals surface area (Å²) in [6, 6.07) is 0. The molecule has 89 valence electrons. The zero-order valence-electron chi connectivity index (χ0n) is 9.65. The molecule has 6 heteroatoms. The number of rotatable bonds is 6. The minimum Gasteiger partial charge on any atom is -0.550 e. The van der Waals surface area contributed by atoms with Crippen molar-refractivity contribution in [1.82, 2.24) is 0 Å². The predicted octanol–water partition coefficient (Wildman–Crippen LogP) is -1.35. The average molecular weight is 243 g/mol. The number of hydrogen-bond acceptors (Lipinski definition) is 5. The van der Waals surface area contributed by atoms with Gasteiger partial charge in [-0.3, -0.25) is 4.79 Å². The van der Waals surface area contributed by atoms with Gasteiger partial charge < -0.3 is 19.8 Å². The van der Waals surface area contributed by atoms with Gasteiger partial charge >= 0.3 is 17.4 Å². The SMILES string of the molecule is CCCC(=O)CC(=O)[O-].CCCC(=O)[O-].[Al+2]. The van der Waals surface area contributed by atoms with Crippen molar-refractivity contribution < 1.29 is 24.6 Å². The molecule has 0 aromatic rings. The maximum absolute atomic E-state index is 10.4. The van der Waals surface area contributed by atoms with E-state index in [-0.39, 0.29) is 29.6 Å². The van der Waals surface area contributed by atoms with Crippen LogP contribution in [0.2, 0.25) is 0 Å². The molecule has 1 radical (unpaired) electrons. The van der Waals surface area contributed by atoms with Gasteiger partial charge in [-0.25, -0.2) is 0 Å². The second-order valence-electron chi connectivity index (χ2n) is 2.96. The molecule has 0 rings (SSSR count). The summed E-state index contributed by atoms with van der Waals surface area (Å²) in [4.78, 5) is 29.7. The van der Waals surface area contributed by atoms with Crippen molar-refractivity contribution in [1.29, 1.82) is 0 Å². The Kier molecular flexibility index (Phi) is 18.2. The minimum absolute atomic E-state index is 0. The van der Waals surface area contributed by atoms with Gasteiger partial charge in [0.05, 0.1) is 0 Å². The van der Waals surface area contributed by atoms with Crippen LogP contribution in [0.15, 0.2) is 0 Å². The summed E-state index contributed by atoms with van der Waals surface area (Å²) in [7, 11) is 0. The van der Waals surface area contributed by atoms with Gasteiger partial charge in [-0.05, 0) is 12.8 Å². The molecule has 0 aliphatic carbocycles. The molecule has 0 fully saturated rings. The molecule has 0 aliphatic rings. The first-order valence-electron chi connectivity index (χ1n) is 4.85. The van der Waals surface area contributed by atoms with Crippen LogP contribution in [0.1, 0.15) is 46.0 Å². The Bertz CT molecular complexity index is 215. The van der Waals surface area contributed by atoms with Crippen molar-refractivity contribution in [2.24, 2.45) is 0 Å². The Hall–Kier alpha value is -0.858. The summed E-state index contributed by atoms with van der Waals surface area (Å²) in [5.41, 5.74) is 0. The van der Waals surface area contributed by atoms with E-state index in [4.69, 9.17) is 0 Å². The molecular formula is C10H16AlO5. The van der Waals surface area contributed by atoms with Gasteiger partial charge in [0.25, 0.3) is 0 Å². The van der Waals surface area contributed by atoms with Crippen LogP contribution in [0.3, 0.4) is 0 Å². The van der Waals surface area contributed by atoms with E-state index in [1.54, 1.807) is 6.92 Å². The Morgan fingerprint density at radius 2 is 1.31 bits per heavy atom. The zero-order valence-corrected chi connectivity index (χ0v) is 10.8. The third-order valence-electron chi connectivity index (χ3n) is 1.32. The van der Waals surface area contributed by atoms with Crippen LogP contribution < -0.4 is 10.2 Å². The molecule has 0 aromatic heterocycles. The van der Waals surface area contributed by atoms with Crippen molar-refractivity contribution in [3.63, 3.8) is 0 Å². The Labute approximate surface area is 106 Å². The molecule has 0 saturated carbocycles. The van der Waals surface area contributed by atoms with Gasteiger partial charge in [-0.1, -0.05) is 20.3 Å². The van der Waals surface area contributed by atoms with E-state index in [1.165, 1.54) is 0 Å². The Morgan fingerprint density at radius 1 is 0.875 bits per heavy atom. The van der Waals surface area contributed by atoms with Gasteiger partial charge in [0.15, 0.2) is 0 Å². The standard InChI is InChI=1S/C6H10O3.C4H8O2.Al/c1-2-3-5(7)4-6(8)9;1-2-3-4(5)6;/h2-4H2,1H3,(H,8,9);2-3H2,1H3,(H,5,6);/q;;+2/p-2. The van der Waals surface area contributed by atoms with E-state index in [9.17, 15) is 24.6 Å². The number of aliphatic carboxylic acids is 2. The average Bonchev–Trinajstić information content (AvgIpc) is 2.03. The summed E-state index contributed by atoms with van der Waals surface area (Å²) < 4.78 is 0. The molecule has 0 aromatic carbocycles. The van der Waals surface area contributed by atoms with E-state index in [1.807, 2.05) is 6.92 Å².